The SMILES string of the molecule is CNC(=O)CNC(C)C(=O)NC. The molecule has 0 spiro atoms. The normalized spacial score (nSPS) is 11.9. The average Bonchev–Trinajstić information content (AvgIpc) is 2.11. The molecule has 0 aromatic carbocycles. The minimum Gasteiger partial charge on any atom is -0.358 e. The minimum atomic E-state index is -0.340. The third-order valence-electron chi connectivity index (χ3n) is 1.49. The molecule has 0 heterocycles. The van der Waals surface area contributed by atoms with Crippen molar-refractivity contribution in [1.29, 1.82) is 0 Å². The maximum atomic E-state index is 10.9. The van der Waals surface area contributed by atoms with E-state index in [4.69, 9.17) is 0 Å². The van der Waals surface area contributed by atoms with Crippen LogP contribution in [-0.2, 0) is 9.59 Å². The van der Waals surface area contributed by atoms with Crippen LogP contribution in [0.15, 0.2) is 0 Å². The number of carbonyl (C=O) groups is 2. The molecule has 3 N–H and O–H groups in total. The van der Waals surface area contributed by atoms with Gasteiger partial charge in [0, 0.05) is 14.1 Å². The Hall–Kier alpha value is -1.10. The Kier molecular flexibility index (Phi) is 5.03. The molecule has 70 valence electrons. The molecule has 0 aliphatic heterocycles. The van der Waals surface area contributed by atoms with Crippen LogP contribution in [0.3, 0.4) is 0 Å². The number of rotatable bonds is 4. The lowest BCUT2D eigenvalue weighted by molar-refractivity contribution is -0.123. The number of carbonyl (C=O) groups excluding carboxylic acids is 2. The highest BCUT2D eigenvalue weighted by atomic mass is 16.2. The average molecular weight is 173 g/mol. The lowest BCUT2D eigenvalue weighted by Crippen LogP contribution is -2.44. The first kappa shape index (κ1) is 10.9. The topological polar surface area (TPSA) is 70.2 Å². The van der Waals surface area contributed by atoms with Crippen LogP contribution < -0.4 is 16.0 Å². The molecular formula is C7H15N3O2. The van der Waals surface area contributed by atoms with Gasteiger partial charge in [0.05, 0.1) is 12.6 Å². The maximum Gasteiger partial charge on any atom is 0.236 e. The second kappa shape index (κ2) is 5.54. The van der Waals surface area contributed by atoms with Crippen LogP contribution in [0.5, 0.6) is 0 Å². The summed E-state index contributed by atoms with van der Waals surface area (Å²) in [7, 11) is 3.11. The highest BCUT2D eigenvalue weighted by molar-refractivity contribution is 5.82. The lowest BCUT2D eigenvalue weighted by Gasteiger charge is -2.10. The van der Waals surface area contributed by atoms with Gasteiger partial charge in [-0.2, -0.15) is 0 Å². The summed E-state index contributed by atoms with van der Waals surface area (Å²) in [4.78, 5) is 21.6. The van der Waals surface area contributed by atoms with Gasteiger partial charge in [0.1, 0.15) is 0 Å². The smallest absolute Gasteiger partial charge is 0.236 e. The second-order valence-corrected chi connectivity index (χ2v) is 2.39. The van der Waals surface area contributed by atoms with Crippen LogP contribution in [0.2, 0.25) is 0 Å². The van der Waals surface area contributed by atoms with Crippen molar-refractivity contribution in [3.63, 3.8) is 0 Å². The highest BCUT2D eigenvalue weighted by Crippen LogP contribution is 1.79. The van der Waals surface area contributed by atoms with Gasteiger partial charge >= 0.3 is 0 Å². The molecule has 0 aliphatic carbocycles. The summed E-state index contributed by atoms with van der Waals surface area (Å²) in [5.41, 5.74) is 0. The van der Waals surface area contributed by atoms with Gasteiger partial charge in [-0.05, 0) is 6.92 Å². The van der Waals surface area contributed by atoms with Crippen molar-refractivity contribution in [3.8, 4) is 0 Å². The number of hydrogen-bond donors (Lipinski definition) is 3. The molecular weight excluding hydrogens is 158 g/mol. The molecule has 0 bridgehead atoms. The van der Waals surface area contributed by atoms with E-state index in [1.807, 2.05) is 0 Å². The number of nitrogens with one attached hydrogen (secondary N) is 3. The van der Waals surface area contributed by atoms with E-state index in [-0.39, 0.29) is 24.4 Å². The fourth-order valence-electron chi connectivity index (χ4n) is 0.643. The molecule has 2 amide bonds. The van der Waals surface area contributed by atoms with E-state index in [0.29, 0.717) is 0 Å². The van der Waals surface area contributed by atoms with E-state index in [9.17, 15) is 9.59 Å². The Morgan fingerprint density at radius 2 is 1.83 bits per heavy atom. The first-order valence-electron chi connectivity index (χ1n) is 3.77. The summed E-state index contributed by atoms with van der Waals surface area (Å²) >= 11 is 0. The largest absolute Gasteiger partial charge is 0.358 e. The predicted molar refractivity (Wildman–Crippen MR) is 45.6 cm³/mol. The van der Waals surface area contributed by atoms with Gasteiger partial charge in [-0.15, -0.1) is 0 Å². The van der Waals surface area contributed by atoms with Gasteiger partial charge < -0.3 is 10.6 Å². The molecule has 0 rings (SSSR count). The van der Waals surface area contributed by atoms with Crippen LogP contribution in [-0.4, -0.2) is 38.5 Å². The second-order valence-electron chi connectivity index (χ2n) is 2.39. The molecule has 0 saturated heterocycles. The zero-order valence-corrected chi connectivity index (χ0v) is 7.60. The van der Waals surface area contributed by atoms with Crippen molar-refractivity contribution in [2.45, 2.75) is 13.0 Å². The molecule has 0 aliphatic rings. The monoisotopic (exact) mass is 173 g/mol. The van der Waals surface area contributed by atoms with Crippen LogP contribution in [0.1, 0.15) is 6.92 Å². The van der Waals surface area contributed by atoms with Crippen molar-refractivity contribution in [2.24, 2.45) is 0 Å². The molecule has 1 atom stereocenters. The molecule has 0 fully saturated rings. The van der Waals surface area contributed by atoms with Crippen molar-refractivity contribution in [2.75, 3.05) is 20.6 Å². The molecule has 0 aromatic heterocycles. The number of amides is 2. The zero-order valence-electron chi connectivity index (χ0n) is 7.60. The summed E-state index contributed by atoms with van der Waals surface area (Å²) in [6, 6.07) is -0.340. The molecule has 5 heteroatoms. The zero-order chi connectivity index (χ0) is 9.56. The molecule has 5 nitrogen and oxygen atoms in total. The third kappa shape index (κ3) is 3.92. The summed E-state index contributed by atoms with van der Waals surface area (Å²) < 4.78 is 0. The Morgan fingerprint density at radius 1 is 1.25 bits per heavy atom. The number of likely N-dealkylation sites (N-methyl/N-ethyl adjacent to an activating group) is 2. The lowest BCUT2D eigenvalue weighted by atomic mass is 10.3. The summed E-state index contributed by atoms with van der Waals surface area (Å²) in [5.74, 6) is -0.260. The van der Waals surface area contributed by atoms with Gasteiger partial charge in [-0.3, -0.25) is 14.9 Å². The van der Waals surface area contributed by atoms with Crippen LogP contribution in [0, 0.1) is 0 Å². The molecule has 12 heavy (non-hydrogen) atoms. The first-order chi connectivity index (χ1) is 5.61. The quantitative estimate of drug-likeness (QED) is 0.482. The fraction of sp³-hybridized carbons (Fsp3) is 0.714. The van der Waals surface area contributed by atoms with E-state index < -0.39 is 0 Å². The summed E-state index contributed by atoms with van der Waals surface area (Å²) in [6.45, 7) is 1.85. The van der Waals surface area contributed by atoms with E-state index in [1.165, 1.54) is 0 Å². The van der Waals surface area contributed by atoms with Gasteiger partial charge in [0.25, 0.3) is 0 Å². The summed E-state index contributed by atoms with van der Waals surface area (Å²) in [5, 5.41) is 7.68. The van der Waals surface area contributed by atoms with Crippen molar-refractivity contribution in [3.05, 3.63) is 0 Å². The first-order valence-corrected chi connectivity index (χ1v) is 3.77. The van der Waals surface area contributed by atoms with Crippen molar-refractivity contribution in [1.82, 2.24) is 16.0 Å². The Bertz CT molecular complexity index is 170. The maximum absolute atomic E-state index is 10.9. The van der Waals surface area contributed by atoms with E-state index >= 15 is 0 Å². The molecule has 0 saturated carbocycles. The molecule has 0 aromatic rings. The van der Waals surface area contributed by atoms with Crippen LogP contribution >= 0.6 is 0 Å². The van der Waals surface area contributed by atoms with Gasteiger partial charge in [0.2, 0.25) is 11.8 Å². The molecule has 0 radical (unpaired) electrons. The standard InChI is InChI=1S/C7H15N3O2/c1-5(7(12)9-3)10-4-6(11)8-2/h5,10H,4H2,1-3H3,(H,8,11)(H,9,12). The minimum absolute atomic E-state index is 0.126. The Labute approximate surface area is 71.9 Å². The fourth-order valence-corrected chi connectivity index (χ4v) is 0.643. The Morgan fingerprint density at radius 3 is 2.25 bits per heavy atom. The molecule has 1 unspecified atom stereocenters. The highest BCUT2D eigenvalue weighted by Gasteiger charge is 2.10. The van der Waals surface area contributed by atoms with Gasteiger partial charge in [-0.25, -0.2) is 0 Å². The van der Waals surface area contributed by atoms with Crippen LogP contribution in [0.25, 0.3) is 0 Å². The van der Waals surface area contributed by atoms with Crippen molar-refractivity contribution >= 4 is 11.8 Å². The summed E-state index contributed by atoms with van der Waals surface area (Å²) in [6.07, 6.45) is 0. The van der Waals surface area contributed by atoms with Crippen LogP contribution in [0.4, 0.5) is 0 Å². The predicted octanol–water partition coefficient (Wildman–Crippen LogP) is -1.54. The van der Waals surface area contributed by atoms with Crippen molar-refractivity contribution < 1.29 is 9.59 Å². The van der Waals surface area contributed by atoms with Gasteiger partial charge in [-0.1, -0.05) is 0 Å². The van der Waals surface area contributed by atoms with E-state index in [0.717, 1.165) is 0 Å². The van der Waals surface area contributed by atoms with E-state index in [1.54, 1.807) is 21.0 Å². The van der Waals surface area contributed by atoms with E-state index in [2.05, 4.69) is 16.0 Å². The third-order valence-corrected chi connectivity index (χ3v) is 1.49. The Balaban J connectivity index is 3.63. The number of hydrogen-bond acceptors (Lipinski definition) is 3. The van der Waals surface area contributed by atoms with Gasteiger partial charge in [0.15, 0.2) is 0 Å².